The smallest absolute Gasteiger partial charge is 0.414 e. The van der Waals surface area contributed by atoms with Crippen molar-refractivity contribution in [3.8, 4) is 0 Å². The molecule has 3 rings (SSSR count). The number of rotatable bonds is 4. The molecule has 1 amide bonds. The highest BCUT2D eigenvalue weighted by Gasteiger charge is 2.24. The minimum absolute atomic E-state index is 0.0830. The molecular weight excluding hydrogens is 318 g/mol. The Morgan fingerprint density at radius 1 is 1.43 bits per heavy atom. The molecule has 1 fully saturated rings. The quantitative estimate of drug-likeness (QED) is 0.893. The first-order valence-electron chi connectivity index (χ1n) is 7.13. The first-order chi connectivity index (χ1) is 11.1. The fourth-order valence-electron chi connectivity index (χ4n) is 2.36. The van der Waals surface area contributed by atoms with Crippen molar-refractivity contribution in [3.63, 3.8) is 0 Å². The van der Waals surface area contributed by atoms with Crippen LogP contribution >= 0.6 is 11.6 Å². The maximum absolute atomic E-state index is 11.7. The first kappa shape index (κ1) is 15.4. The average Bonchev–Trinajstić information content (AvgIpc) is 2.98. The lowest BCUT2D eigenvalue weighted by molar-refractivity contribution is 0.181. The molecule has 0 saturated carbocycles. The van der Waals surface area contributed by atoms with Crippen LogP contribution in [-0.4, -0.2) is 29.2 Å². The molecule has 1 atom stereocenters. The third-order valence-corrected chi connectivity index (χ3v) is 3.99. The number of carbonyl (C=O) groups excluding carboxylic acids is 1. The second kappa shape index (κ2) is 6.29. The molecule has 8 heteroatoms. The lowest BCUT2D eigenvalue weighted by Crippen LogP contribution is -2.23. The predicted octanol–water partition coefficient (Wildman–Crippen LogP) is 2.84. The second-order valence-electron chi connectivity index (χ2n) is 5.15. The fourth-order valence-corrected chi connectivity index (χ4v) is 2.51. The van der Waals surface area contributed by atoms with Crippen LogP contribution in [0.15, 0.2) is 30.6 Å². The molecule has 1 aliphatic rings. The Bertz CT molecular complexity index is 740. The van der Waals surface area contributed by atoms with E-state index in [9.17, 15) is 4.79 Å². The number of benzene rings is 1. The van der Waals surface area contributed by atoms with Crippen molar-refractivity contribution in [3.05, 3.63) is 41.2 Å². The zero-order valence-electron chi connectivity index (χ0n) is 12.5. The molecule has 0 spiro atoms. The van der Waals surface area contributed by atoms with Gasteiger partial charge in [0.05, 0.1) is 12.6 Å². The highest BCUT2D eigenvalue weighted by atomic mass is 35.5. The van der Waals surface area contributed by atoms with Gasteiger partial charge in [0.2, 0.25) is 0 Å². The van der Waals surface area contributed by atoms with E-state index in [-0.39, 0.29) is 18.0 Å². The van der Waals surface area contributed by atoms with Gasteiger partial charge in [-0.15, -0.1) is 0 Å². The minimum Gasteiger partial charge on any atom is -0.447 e. The van der Waals surface area contributed by atoms with E-state index in [4.69, 9.17) is 22.1 Å². The molecule has 0 bridgehead atoms. The largest absolute Gasteiger partial charge is 0.447 e. The van der Waals surface area contributed by atoms with Gasteiger partial charge >= 0.3 is 6.09 Å². The average molecular weight is 334 g/mol. The van der Waals surface area contributed by atoms with Gasteiger partial charge < -0.3 is 15.8 Å². The standard InChI is InChI=1S/C15H16ClN5O2/c1-9(20-14-12(16)13(17)18-8-19-14)10-3-2-4-11(7-10)21-5-6-23-15(21)22/h2-4,7-9H,5-6H2,1H3,(H3,17,18,19,20). The van der Waals surface area contributed by atoms with E-state index in [1.54, 1.807) is 4.90 Å². The maximum atomic E-state index is 11.7. The number of hydrogen-bond acceptors (Lipinski definition) is 6. The molecular formula is C15H16ClN5O2. The first-order valence-corrected chi connectivity index (χ1v) is 7.51. The van der Waals surface area contributed by atoms with Crippen molar-refractivity contribution < 1.29 is 9.53 Å². The zero-order chi connectivity index (χ0) is 16.4. The number of carbonyl (C=O) groups is 1. The monoisotopic (exact) mass is 333 g/mol. The Hall–Kier alpha value is -2.54. The number of ether oxygens (including phenoxy) is 1. The third kappa shape index (κ3) is 3.14. The third-order valence-electron chi connectivity index (χ3n) is 3.61. The van der Waals surface area contributed by atoms with Crippen molar-refractivity contribution in [1.82, 2.24) is 9.97 Å². The van der Waals surface area contributed by atoms with E-state index in [1.807, 2.05) is 31.2 Å². The summed E-state index contributed by atoms with van der Waals surface area (Å²) < 4.78 is 4.97. The number of nitrogens with two attached hydrogens (primary N) is 1. The fraction of sp³-hybridized carbons (Fsp3) is 0.267. The molecule has 2 aromatic rings. The van der Waals surface area contributed by atoms with Crippen molar-refractivity contribution in [2.45, 2.75) is 13.0 Å². The van der Waals surface area contributed by atoms with Gasteiger partial charge in [0, 0.05) is 5.69 Å². The number of nitrogen functional groups attached to an aromatic ring is 1. The van der Waals surface area contributed by atoms with Crippen LogP contribution in [0.1, 0.15) is 18.5 Å². The highest BCUT2D eigenvalue weighted by Crippen LogP contribution is 2.29. The Morgan fingerprint density at radius 2 is 2.26 bits per heavy atom. The van der Waals surface area contributed by atoms with Gasteiger partial charge in [0.15, 0.2) is 5.82 Å². The molecule has 0 aliphatic carbocycles. The van der Waals surface area contributed by atoms with Crippen molar-refractivity contribution in [1.29, 1.82) is 0 Å². The second-order valence-corrected chi connectivity index (χ2v) is 5.53. The lowest BCUT2D eigenvalue weighted by atomic mass is 10.1. The maximum Gasteiger partial charge on any atom is 0.414 e. The van der Waals surface area contributed by atoms with Gasteiger partial charge in [-0.25, -0.2) is 14.8 Å². The van der Waals surface area contributed by atoms with E-state index < -0.39 is 0 Å². The molecule has 3 N–H and O–H groups in total. The predicted molar refractivity (Wildman–Crippen MR) is 88.6 cm³/mol. The van der Waals surface area contributed by atoms with E-state index in [1.165, 1.54) is 6.33 Å². The molecule has 120 valence electrons. The summed E-state index contributed by atoms with van der Waals surface area (Å²) in [6.45, 7) is 2.93. The number of hydrogen-bond donors (Lipinski definition) is 2. The van der Waals surface area contributed by atoms with Crippen LogP contribution in [0.25, 0.3) is 0 Å². The van der Waals surface area contributed by atoms with Crippen LogP contribution < -0.4 is 16.0 Å². The molecule has 0 radical (unpaired) electrons. The Morgan fingerprint density at radius 3 is 3.00 bits per heavy atom. The van der Waals surface area contributed by atoms with Crippen molar-refractivity contribution in [2.75, 3.05) is 29.1 Å². The molecule has 1 aliphatic heterocycles. The lowest BCUT2D eigenvalue weighted by Gasteiger charge is -2.19. The van der Waals surface area contributed by atoms with Crippen LogP contribution in [0.2, 0.25) is 5.02 Å². The SMILES string of the molecule is CC(Nc1ncnc(N)c1Cl)c1cccc(N2CCOC2=O)c1. The van der Waals surface area contributed by atoms with Gasteiger partial charge in [-0.1, -0.05) is 23.7 Å². The summed E-state index contributed by atoms with van der Waals surface area (Å²) in [7, 11) is 0. The number of nitrogens with one attached hydrogen (secondary N) is 1. The summed E-state index contributed by atoms with van der Waals surface area (Å²) in [5.41, 5.74) is 7.46. The number of amides is 1. The van der Waals surface area contributed by atoms with E-state index in [2.05, 4.69) is 15.3 Å². The van der Waals surface area contributed by atoms with Gasteiger partial charge in [0.25, 0.3) is 0 Å². The molecule has 1 aromatic heterocycles. The molecule has 2 heterocycles. The van der Waals surface area contributed by atoms with Crippen molar-refractivity contribution >= 4 is 35.0 Å². The zero-order valence-corrected chi connectivity index (χ0v) is 13.2. The summed E-state index contributed by atoms with van der Waals surface area (Å²) in [4.78, 5) is 21.2. The van der Waals surface area contributed by atoms with Gasteiger partial charge in [-0.05, 0) is 24.6 Å². The number of halogens is 1. The number of cyclic esters (lactones) is 1. The van der Waals surface area contributed by atoms with Gasteiger partial charge in [-0.3, -0.25) is 4.90 Å². The van der Waals surface area contributed by atoms with Crippen LogP contribution in [0, 0.1) is 0 Å². The Labute approximate surface area is 138 Å². The molecule has 7 nitrogen and oxygen atoms in total. The summed E-state index contributed by atoms with van der Waals surface area (Å²) in [5, 5.41) is 3.49. The molecule has 1 unspecified atom stereocenters. The topological polar surface area (TPSA) is 93.4 Å². The van der Waals surface area contributed by atoms with Crippen LogP contribution in [-0.2, 0) is 4.74 Å². The molecule has 1 saturated heterocycles. The Kier molecular flexibility index (Phi) is 4.20. The summed E-state index contributed by atoms with van der Waals surface area (Å²) in [5.74, 6) is 0.697. The summed E-state index contributed by atoms with van der Waals surface area (Å²) in [6.07, 6.45) is 1.03. The normalized spacial score (nSPS) is 15.4. The number of anilines is 3. The van der Waals surface area contributed by atoms with Crippen molar-refractivity contribution in [2.24, 2.45) is 0 Å². The number of nitrogens with zero attached hydrogens (tertiary/aromatic N) is 3. The van der Waals surface area contributed by atoms with Gasteiger partial charge in [0.1, 0.15) is 23.8 Å². The van der Waals surface area contributed by atoms with Crippen LogP contribution in [0.4, 0.5) is 22.1 Å². The summed E-state index contributed by atoms with van der Waals surface area (Å²) >= 11 is 6.10. The highest BCUT2D eigenvalue weighted by molar-refractivity contribution is 6.35. The Balaban J connectivity index is 1.81. The molecule has 1 aromatic carbocycles. The summed E-state index contributed by atoms with van der Waals surface area (Å²) in [6, 6.07) is 7.58. The van der Waals surface area contributed by atoms with Crippen LogP contribution in [0.3, 0.4) is 0 Å². The van der Waals surface area contributed by atoms with E-state index in [0.29, 0.717) is 24.0 Å². The number of aromatic nitrogens is 2. The van der Waals surface area contributed by atoms with E-state index in [0.717, 1.165) is 11.3 Å². The van der Waals surface area contributed by atoms with Gasteiger partial charge in [-0.2, -0.15) is 0 Å². The minimum atomic E-state index is -0.325. The molecule has 23 heavy (non-hydrogen) atoms. The van der Waals surface area contributed by atoms with Crippen LogP contribution in [0.5, 0.6) is 0 Å². The van der Waals surface area contributed by atoms with E-state index >= 15 is 0 Å².